The molecule has 3 aromatic carbocycles. The maximum atomic E-state index is 6.38. The van der Waals surface area contributed by atoms with E-state index in [1.807, 2.05) is 6.08 Å². The van der Waals surface area contributed by atoms with Crippen LogP contribution in [-0.4, -0.2) is 15.4 Å². The third kappa shape index (κ3) is 4.98. The van der Waals surface area contributed by atoms with Crippen LogP contribution in [0.1, 0.15) is 88.7 Å². The van der Waals surface area contributed by atoms with Crippen LogP contribution in [0.5, 0.6) is 5.75 Å². The Bertz CT molecular complexity index is 1300. The summed E-state index contributed by atoms with van der Waals surface area (Å²) in [5, 5.41) is 0. The summed E-state index contributed by atoms with van der Waals surface area (Å²) in [7, 11) is -0.673. The Morgan fingerprint density at radius 1 is 0.865 bits per heavy atom. The Hall–Kier alpha value is -2.58. The number of hydrogen-bond acceptors (Lipinski definition) is 1. The fourth-order valence-corrected chi connectivity index (χ4v) is 8.71. The molecular weight excluding hydrogens is 464 g/mol. The first-order valence-electron chi connectivity index (χ1n) is 13.9. The molecule has 3 aromatic rings. The zero-order valence-electron chi connectivity index (χ0n) is 24.5. The van der Waals surface area contributed by atoms with Gasteiger partial charge in [0.25, 0.3) is 0 Å². The minimum atomic E-state index is -0.673. The van der Waals surface area contributed by atoms with Crippen molar-refractivity contribution in [2.75, 3.05) is 6.61 Å². The first-order valence-corrected chi connectivity index (χ1v) is 15.9. The van der Waals surface area contributed by atoms with Crippen LogP contribution in [0.25, 0.3) is 22.3 Å². The fourth-order valence-electron chi connectivity index (χ4n) is 6.00. The number of benzene rings is 3. The highest BCUT2D eigenvalue weighted by Crippen LogP contribution is 2.55. The summed E-state index contributed by atoms with van der Waals surface area (Å²) in [6, 6.07) is 21.3. The van der Waals surface area contributed by atoms with Crippen LogP contribution in [-0.2, 0) is 10.8 Å². The number of aryl methyl sites for hydroxylation is 1. The summed E-state index contributed by atoms with van der Waals surface area (Å²) in [4.78, 5) is 0. The van der Waals surface area contributed by atoms with E-state index >= 15 is 0 Å². The summed E-state index contributed by atoms with van der Waals surface area (Å²) in [6.45, 7) is 25.4. The summed E-state index contributed by atoms with van der Waals surface area (Å²) in [5.41, 5.74) is 13.2. The highest BCUT2D eigenvalue weighted by molar-refractivity contribution is 6.61. The third-order valence-electron chi connectivity index (χ3n) is 8.00. The fraction of sp³-hybridized carbons (Fsp3) is 0.429. The van der Waals surface area contributed by atoms with Crippen LogP contribution in [0.3, 0.4) is 0 Å². The van der Waals surface area contributed by atoms with Gasteiger partial charge in [0, 0.05) is 11.1 Å². The van der Waals surface area contributed by atoms with E-state index in [9.17, 15) is 0 Å². The van der Waals surface area contributed by atoms with Crippen LogP contribution in [0, 0.1) is 6.92 Å². The van der Waals surface area contributed by atoms with Gasteiger partial charge in [0.1, 0.15) is 12.4 Å². The SMILES string of the molecule is C=CCOc1c(C)cccc1-c1c(C(C)(C)C)ccc2c1C([Si](CC)CC)c1cc(C(C)(C)C)ccc1-2. The van der Waals surface area contributed by atoms with Gasteiger partial charge in [-0.25, -0.2) is 0 Å². The molecule has 1 aliphatic carbocycles. The molecule has 37 heavy (non-hydrogen) atoms. The zero-order valence-corrected chi connectivity index (χ0v) is 25.5. The average Bonchev–Trinajstić information content (AvgIpc) is 3.16. The average molecular weight is 510 g/mol. The van der Waals surface area contributed by atoms with E-state index in [4.69, 9.17) is 4.74 Å². The summed E-state index contributed by atoms with van der Waals surface area (Å²) in [6.07, 6.45) is 1.85. The molecule has 0 heterocycles. The Kier molecular flexibility index (Phi) is 7.63. The van der Waals surface area contributed by atoms with Gasteiger partial charge in [0.2, 0.25) is 0 Å². The lowest BCUT2D eigenvalue weighted by Gasteiger charge is -2.31. The molecule has 0 amide bonds. The second-order valence-corrected chi connectivity index (χ2v) is 15.9. The van der Waals surface area contributed by atoms with Gasteiger partial charge in [0.15, 0.2) is 0 Å². The van der Waals surface area contributed by atoms with Crippen LogP contribution in [0.4, 0.5) is 0 Å². The molecule has 2 heteroatoms. The monoisotopic (exact) mass is 509 g/mol. The van der Waals surface area contributed by atoms with Crippen LogP contribution in [0.15, 0.2) is 61.2 Å². The van der Waals surface area contributed by atoms with Crippen LogP contribution in [0.2, 0.25) is 12.1 Å². The highest BCUT2D eigenvalue weighted by Gasteiger charge is 2.39. The second-order valence-electron chi connectivity index (χ2n) is 12.6. The molecule has 0 aliphatic heterocycles. The van der Waals surface area contributed by atoms with Crippen molar-refractivity contribution in [3.8, 4) is 28.0 Å². The molecule has 0 aromatic heterocycles. The minimum Gasteiger partial charge on any atom is -0.489 e. The van der Waals surface area contributed by atoms with Gasteiger partial charge in [-0.1, -0.05) is 129 Å². The van der Waals surface area contributed by atoms with Crippen molar-refractivity contribution in [2.45, 2.75) is 90.8 Å². The predicted octanol–water partition coefficient (Wildman–Crippen LogP) is 10.0. The van der Waals surface area contributed by atoms with E-state index in [1.54, 1.807) is 11.1 Å². The minimum absolute atomic E-state index is 0.00500. The standard InChI is InChI=1S/C35H45OSi/c1-11-21-36-32-23(4)15-14-16-27(32)30-29(35(8,9)10)20-19-26-25-18-17-24(34(5,6)7)22-28(25)33(31(26)30)37(12-2)13-3/h11,14-20,22,33H,1,12-13,21H2,2-10H3. The highest BCUT2D eigenvalue weighted by atomic mass is 28.3. The van der Waals surface area contributed by atoms with Gasteiger partial charge >= 0.3 is 0 Å². The predicted molar refractivity (Wildman–Crippen MR) is 164 cm³/mol. The zero-order chi connectivity index (χ0) is 27.1. The van der Waals surface area contributed by atoms with Gasteiger partial charge in [-0.15, -0.1) is 0 Å². The van der Waals surface area contributed by atoms with Crippen LogP contribution >= 0.6 is 0 Å². The second kappa shape index (κ2) is 10.3. The molecule has 1 aliphatic rings. The molecule has 1 radical (unpaired) electrons. The number of ether oxygens (including phenoxy) is 1. The van der Waals surface area contributed by atoms with Crippen molar-refractivity contribution in [1.29, 1.82) is 0 Å². The molecule has 0 N–H and O–H groups in total. The molecule has 0 bridgehead atoms. The number of para-hydroxylation sites is 1. The molecule has 4 rings (SSSR count). The molecule has 0 fully saturated rings. The quantitative estimate of drug-likeness (QED) is 0.227. The summed E-state index contributed by atoms with van der Waals surface area (Å²) >= 11 is 0. The molecule has 0 spiro atoms. The van der Waals surface area contributed by atoms with Gasteiger partial charge in [-0.3, -0.25) is 0 Å². The van der Waals surface area contributed by atoms with E-state index in [-0.39, 0.29) is 10.8 Å². The van der Waals surface area contributed by atoms with Gasteiger partial charge in [0.05, 0.1) is 8.80 Å². The van der Waals surface area contributed by atoms with Gasteiger partial charge < -0.3 is 4.74 Å². The molecule has 0 saturated carbocycles. The largest absolute Gasteiger partial charge is 0.489 e. The Labute approximate surface area is 227 Å². The normalized spacial score (nSPS) is 15.0. The van der Waals surface area contributed by atoms with E-state index < -0.39 is 8.80 Å². The summed E-state index contributed by atoms with van der Waals surface area (Å²) in [5.74, 6) is 0.994. The van der Waals surface area contributed by atoms with Gasteiger partial charge in [-0.05, 0) is 62.3 Å². The first kappa shape index (κ1) is 27.5. The summed E-state index contributed by atoms with van der Waals surface area (Å²) < 4.78 is 6.38. The molecule has 1 atom stereocenters. The smallest absolute Gasteiger partial charge is 0.130 e. The lowest BCUT2D eigenvalue weighted by atomic mass is 9.78. The topological polar surface area (TPSA) is 9.23 Å². The van der Waals surface area contributed by atoms with Crippen molar-refractivity contribution < 1.29 is 4.74 Å². The Balaban J connectivity index is 2.13. The van der Waals surface area contributed by atoms with Crippen molar-refractivity contribution in [1.82, 2.24) is 0 Å². The van der Waals surface area contributed by atoms with E-state index in [0.29, 0.717) is 12.1 Å². The molecule has 1 nitrogen and oxygen atoms in total. The first-order chi connectivity index (χ1) is 17.4. The van der Waals surface area contributed by atoms with Crippen molar-refractivity contribution in [2.24, 2.45) is 0 Å². The molecule has 0 saturated heterocycles. The van der Waals surface area contributed by atoms with E-state index in [1.165, 1.54) is 51.0 Å². The molecule has 1 unspecified atom stereocenters. The van der Waals surface area contributed by atoms with Gasteiger partial charge in [-0.2, -0.15) is 0 Å². The maximum Gasteiger partial charge on any atom is 0.130 e. The lowest BCUT2D eigenvalue weighted by molar-refractivity contribution is 0.362. The number of fused-ring (bicyclic) bond motifs is 3. The third-order valence-corrected chi connectivity index (χ3v) is 11.2. The van der Waals surface area contributed by atoms with E-state index in [0.717, 1.165) is 5.75 Å². The van der Waals surface area contributed by atoms with E-state index in [2.05, 4.69) is 117 Å². The van der Waals surface area contributed by atoms with Crippen molar-refractivity contribution >= 4 is 8.80 Å². The Morgan fingerprint density at radius 2 is 1.54 bits per heavy atom. The molecular formula is C35H45OSi. The Morgan fingerprint density at radius 3 is 2.14 bits per heavy atom. The van der Waals surface area contributed by atoms with Crippen molar-refractivity contribution in [3.05, 3.63) is 89.0 Å². The number of rotatable bonds is 7. The van der Waals surface area contributed by atoms with Crippen LogP contribution < -0.4 is 4.74 Å². The van der Waals surface area contributed by atoms with Crippen molar-refractivity contribution in [3.63, 3.8) is 0 Å². The number of hydrogen-bond donors (Lipinski definition) is 0. The molecule has 195 valence electrons. The lowest BCUT2D eigenvalue weighted by Crippen LogP contribution is -2.24. The maximum absolute atomic E-state index is 6.38.